The second kappa shape index (κ2) is 8.22. The Morgan fingerprint density at radius 3 is 2.31 bits per heavy atom. The second-order valence-electron chi connectivity index (χ2n) is 8.70. The Hall–Kier alpha value is -3.48. The van der Waals surface area contributed by atoms with Crippen molar-refractivity contribution >= 4 is 17.3 Å². The minimum Gasteiger partial charge on any atom is -0.571 e. The van der Waals surface area contributed by atoms with Gasteiger partial charge in [-0.25, -0.2) is 0 Å². The molecule has 0 bridgehead atoms. The average Bonchev–Trinajstić information content (AvgIpc) is 3.15. The average molecular weight is 431 g/mol. The Balaban J connectivity index is 1.36. The van der Waals surface area contributed by atoms with Crippen LogP contribution in [0.3, 0.4) is 0 Å². The smallest absolute Gasteiger partial charge is 0.220 e. The van der Waals surface area contributed by atoms with Crippen LogP contribution in [0, 0.1) is 11.1 Å². The molecule has 0 amide bonds. The van der Waals surface area contributed by atoms with E-state index < -0.39 is 0 Å². The highest BCUT2D eigenvalue weighted by atomic mass is 16.5. The first-order valence-corrected chi connectivity index (χ1v) is 11.3. The lowest BCUT2D eigenvalue weighted by Gasteiger charge is -2.33. The number of carbonyl (C=O) groups is 2. The minimum absolute atomic E-state index is 0.0609. The van der Waals surface area contributed by atoms with Gasteiger partial charge < -0.3 is 10.1 Å². The molecule has 1 aliphatic heterocycles. The van der Waals surface area contributed by atoms with Crippen LogP contribution in [0.2, 0.25) is 0 Å². The first-order valence-electron chi connectivity index (χ1n) is 11.3. The van der Waals surface area contributed by atoms with Crippen LogP contribution in [0.25, 0.3) is 0 Å². The molecule has 3 aromatic rings. The molecule has 164 valence electrons. The zero-order valence-electron chi connectivity index (χ0n) is 18.2. The number of rotatable bonds is 5. The van der Waals surface area contributed by atoms with Crippen molar-refractivity contribution in [1.82, 2.24) is 9.78 Å². The number of benzene rings is 2. The van der Waals surface area contributed by atoms with Crippen molar-refractivity contribution in [3.05, 3.63) is 81.8 Å². The van der Waals surface area contributed by atoms with E-state index in [1.165, 1.54) is 36.1 Å². The molecule has 32 heavy (non-hydrogen) atoms. The van der Waals surface area contributed by atoms with Crippen LogP contribution >= 0.6 is 0 Å². The maximum absolute atomic E-state index is 13.0. The largest absolute Gasteiger partial charge is 0.571 e. The molecule has 0 radical (unpaired) electrons. The van der Waals surface area contributed by atoms with Crippen LogP contribution in [0.15, 0.2) is 48.5 Å². The Morgan fingerprint density at radius 1 is 1.00 bits per heavy atom. The van der Waals surface area contributed by atoms with Crippen molar-refractivity contribution in [2.75, 3.05) is 18.0 Å². The quantitative estimate of drug-likeness (QED) is 0.358. The summed E-state index contributed by atoms with van der Waals surface area (Å²) in [5, 5.41) is 16.3. The standard InChI is InChI=1S/C25H26N4O3/c1-2-5-17-12-14-27(15-13-17)19-10-8-18(9-11-19)16-28-23-22(26-29(28)32)24(30)20-6-3-4-7-21(20)25(23)31/h3-4,6-11,17H,2,5,12-16H2,1H3. The van der Waals surface area contributed by atoms with Gasteiger partial charge in [0, 0.05) is 40.0 Å². The summed E-state index contributed by atoms with van der Waals surface area (Å²) in [6, 6.07) is 14.7. The number of fused-ring (bicyclic) bond motifs is 2. The van der Waals surface area contributed by atoms with E-state index in [1.807, 2.05) is 12.1 Å². The minimum atomic E-state index is -0.389. The van der Waals surface area contributed by atoms with Gasteiger partial charge in [0.15, 0.2) is 5.69 Å². The molecule has 1 aliphatic carbocycles. The van der Waals surface area contributed by atoms with Gasteiger partial charge in [-0.1, -0.05) is 56.2 Å². The lowest BCUT2D eigenvalue weighted by atomic mass is 9.90. The Morgan fingerprint density at radius 2 is 1.66 bits per heavy atom. The van der Waals surface area contributed by atoms with E-state index in [0.29, 0.717) is 16.1 Å². The highest BCUT2D eigenvalue weighted by Gasteiger charge is 2.39. The van der Waals surface area contributed by atoms with Crippen molar-refractivity contribution < 1.29 is 14.5 Å². The van der Waals surface area contributed by atoms with Crippen molar-refractivity contribution in [2.45, 2.75) is 39.2 Å². The maximum Gasteiger partial charge on any atom is 0.220 e. The summed E-state index contributed by atoms with van der Waals surface area (Å²) in [5.41, 5.74) is 2.64. The van der Waals surface area contributed by atoms with Crippen LogP contribution in [0.4, 0.5) is 5.69 Å². The van der Waals surface area contributed by atoms with Gasteiger partial charge in [0.2, 0.25) is 17.3 Å². The van der Waals surface area contributed by atoms with Crippen molar-refractivity contribution in [2.24, 2.45) is 5.92 Å². The van der Waals surface area contributed by atoms with Crippen LogP contribution in [0.1, 0.15) is 70.3 Å². The molecule has 2 aliphatic rings. The molecule has 0 saturated carbocycles. The fourth-order valence-electron chi connectivity index (χ4n) is 4.92. The molecule has 5 rings (SSSR count). The molecule has 1 aromatic heterocycles. The monoisotopic (exact) mass is 430 g/mol. The van der Waals surface area contributed by atoms with Gasteiger partial charge in [0.05, 0.1) is 0 Å². The Labute approximate surface area is 186 Å². The summed E-state index contributed by atoms with van der Waals surface area (Å²) >= 11 is 0. The molecule has 7 nitrogen and oxygen atoms in total. The number of hydrogen-bond donors (Lipinski definition) is 0. The molecule has 7 heteroatoms. The normalized spacial score (nSPS) is 16.2. The molecule has 0 N–H and O–H groups in total. The number of carbonyl (C=O) groups excluding carboxylic acids is 2. The summed E-state index contributed by atoms with van der Waals surface area (Å²) in [6.45, 7) is 4.55. The number of piperidine rings is 1. The van der Waals surface area contributed by atoms with E-state index in [9.17, 15) is 14.8 Å². The summed E-state index contributed by atoms with van der Waals surface area (Å²) in [6.07, 6.45) is 5.01. The highest BCUT2D eigenvalue weighted by Crippen LogP contribution is 2.28. The fraction of sp³-hybridized carbons (Fsp3) is 0.360. The molecule has 0 spiro atoms. The van der Waals surface area contributed by atoms with E-state index in [0.717, 1.165) is 24.6 Å². The zero-order chi connectivity index (χ0) is 22.2. The van der Waals surface area contributed by atoms with E-state index in [4.69, 9.17) is 0 Å². The predicted octanol–water partition coefficient (Wildman–Crippen LogP) is 3.36. The first-order chi connectivity index (χ1) is 15.6. The maximum atomic E-state index is 13.0. The van der Waals surface area contributed by atoms with Gasteiger partial charge in [-0.2, -0.15) is 0 Å². The fourth-order valence-corrected chi connectivity index (χ4v) is 4.92. The van der Waals surface area contributed by atoms with Crippen LogP contribution in [0.5, 0.6) is 0 Å². The molecular formula is C25H26N4O3. The highest BCUT2D eigenvalue weighted by molar-refractivity contribution is 6.26. The second-order valence-corrected chi connectivity index (χ2v) is 8.70. The lowest BCUT2D eigenvalue weighted by Crippen LogP contribution is -2.41. The van der Waals surface area contributed by atoms with Crippen LogP contribution in [-0.4, -0.2) is 34.4 Å². The third kappa shape index (κ3) is 3.47. The van der Waals surface area contributed by atoms with E-state index >= 15 is 0 Å². The number of nitrogens with zero attached hydrogens (tertiary/aromatic N) is 4. The van der Waals surface area contributed by atoms with Gasteiger partial charge in [0.25, 0.3) is 0 Å². The summed E-state index contributed by atoms with van der Waals surface area (Å²) in [5.74, 6) is 0.102. The molecule has 2 aromatic carbocycles. The predicted molar refractivity (Wildman–Crippen MR) is 120 cm³/mol. The van der Waals surface area contributed by atoms with E-state index in [-0.39, 0.29) is 29.5 Å². The first kappa shape index (κ1) is 20.4. The van der Waals surface area contributed by atoms with Gasteiger partial charge in [-0.3, -0.25) is 9.59 Å². The number of hydrogen-bond acceptors (Lipinski definition) is 5. The topological polar surface area (TPSA) is 82.1 Å². The Kier molecular flexibility index (Phi) is 5.25. The van der Waals surface area contributed by atoms with Crippen molar-refractivity contribution in [3.8, 4) is 0 Å². The van der Waals surface area contributed by atoms with Crippen LogP contribution in [-0.2, 0) is 6.54 Å². The lowest BCUT2D eigenvalue weighted by molar-refractivity contribution is -0.748. The van der Waals surface area contributed by atoms with Gasteiger partial charge in [-0.15, -0.1) is 4.68 Å². The van der Waals surface area contributed by atoms with Gasteiger partial charge in [0.1, 0.15) is 6.54 Å². The zero-order valence-corrected chi connectivity index (χ0v) is 18.2. The molecule has 1 fully saturated rings. The van der Waals surface area contributed by atoms with E-state index in [1.54, 1.807) is 24.3 Å². The molecule has 0 unspecified atom stereocenters. The number of anilines is 1. The molecular weight excluding hydrogens is 404 g/mol. The number of ketones is 2. The van der Waals surface area contributed by atoms with Crippen molar-refractivity contribution in [1.29, 1.82) is 0 Å². The third-order valence-electron chi connectivity index (χ3n) is 6.67. The summed E-state index contributed by atoms with van der Waals surface area (Å²) < 4.78 is 1.25. The van der Waals surface area contributed by atoms with Crippen LogP contribution < -0.4 is 9.86 Å². The molecule has 0 atom stereocenters. The number of aromatic nitrogens is 3. The van der Waals surface area contributed by atoms with Crippen molar-refractivity contribution in [3.63, 3.8) is 0 Å². The third-order valence-corrected chi connectivity index (χ3v) is 6.67. The SMILES string of the molecule is CCCC1CCN(c2ccc(Cn3c4c(n[n+]3[O-])C(=O)c3ccccc3C4=O)cc2)CC1. The summed E-state index contributed by atoms with van der Waals surface area (Å²) in [4.78, 5) is 28.6. The van der Waals surface area contributed by atoms with E-state index in [2.05, 4.69) is 29.1 Å². The van der Waals surface area contributed by atoms with Gasteiger partial charge >= 0.3 is 0 Å². The van der Waals surface area contributed by atoms with Gasteiger partial charge in [-0.05, 0) is 36.5 Å². The summed E-state index contributed by atoms with van der Waals surface area (Å²) in [7, 11) is 0. The Bertz CT molecular complexity index is 1170. The molecule has 1 saturated heterocycles. The molecule has 2 heterocycles.